The highest BCUT2D eigenvalue weighted by Gasteiger charge is 2.15. The number of hydrogen-bond donors (Lipinski definition) is 2. The summed E-state index contributed by atoms with van der Waals surface area (Å²) >= 11 is 0. The van der Waals surface area contributed by atoms with Gasteiger partial charge < -0.3 is 15.4 Å². The van der Waals surface area contributed by atoms with Gasteiger partial charge in [0.15, 0.2) is 6.10 Å². The number of carbonyl (C=O) groups excluding carboxylic acids is 2. The van der Waals surface area contributed by atoms with Crippen LogP contribution in [0.3, 0.4) is 0 Å². The maximum Gasteiger partial charge on any atom is 0.261 e. The first-order valence-corrected chi connectivity index (χ1v) is 10.7. The Morgan fingerprint density at radius 3 is 2.44 bits per heavy atom. The fraction of sp³-hybridized carbons (Fsp3) is 0.269. The maximum atomic E-state index is 12.5. The van der Waals surface area contributed by atoms with E-state index in [9.17, 15) is 9.59 Å². The molecule has 1 unspecified atom stereocenters. The molecule has 0 aliphatic carbocycles. The first-order chi connectivity index (χ1) is 15.3. The Hall–Kier alpha value is -3.67. The largest absolute Gasteiger partial charge is 0.481 e. The molecule has 3 aromatic rings. The summed E-state index contributed by atoms with van der Waals surface area (Å²) in [4.78, 5) is 28.7. The van der Waals surface area contributed by atoms with E-state index in [0.717, 1.165) is 11.1 Å². The SMILES string of the molecule is Cc1cc(OC(C)C(=O)NCc2cccc(NC(=O)c3ccncc3)c2)ccc1C(C)C. The third-order valence-electron chi connectivity index (χ3n) is 5.14. The zero-order valence-electron chi connectivity index (χ0n) is 18.9. The van der Waals surface area contributed by atoms with Gasteiger partial charge in [0.05, 0.1) is 0 Å². The second-order valence-electron chi connectivity index (χ2n) is 8.04. The van der Waals surface area contributed by atoms with E-state index in [1.54, 1.807) is 37.5 Å². The van der Waals surface area contributed by atoms with Crippen molar-refractivity contribution in [2.75, 3.05) is 5.32 Å². The molecule has 0 aliphatic rings. The third-order valence-corrected chi connectivity index (χ3v) is 5.14. The van der Waals surface area contributed by atoms with Gasteiger partial charge in [-0.2, -0.15) is 0 Å². The van der Waals surface area contributed by atoms with Crippen molar-refractivity contribution in [2.24, 2.45) is 0 Å². The lowest BCUT2D eigenvalue weighted by molar-refractivity contribution is -0.127. The number of ether oxygens (including phenoxy) is 1. The predicted octanol–water partition coefficient (Wildman–Crippen LogP) is 4.85. The smallest absolute Gasteiger partial charge is 0.261 e. The second kappa shape index (κ2) is 10.6. The van der Waals surface area contributed by atoms with Gasteiger partial charge in [0.25, 0.3) is 11.8 Å². The van der Waals surface area contributed by atoms with Crippen molar-refractivity contribution in [1.29, 1.82) is 0 Å². The number of anilines is 1. The monoisotopic (exact) mass is 431 g/mol. The molecule has 1 atom stereocenters. The van der Waals surface area contributed by atoms with Crippen molar-refractivity contribution < 1.29 is 14.3 Å². The van der Waals surface area contributed by atoms with Crippen LogP contribution in [0.25, 0.3) is 0 Å². The topological polar surface area (TPSA) is 80.3 Å². The fourth-order valence-corrected chi connectivity index (χ4v) is 3.43. The molecule has 0 bridgehead atoms. The minimum absolute atomic E-state index is 0.207. The molecule has 0 spiro atoms. The molecule has 0 fully saturated rings. The van der Waals surface area contributed by atoms with E-state index in [0.29, 0.717) is 29.5 Å². The summed E-state index contributed by atoms with van der Waals surface area (Å²) in [5, 5.41) is 5.75. The predicted molar refractivity (Wildman–Crippen MR) is 126 cm³/mol. The Morgan fingerprint density at radius 1 is 1.00 bits per heavy atom. The molecule has 1 aromatic heterocycles. The average Bonchev–Trinajstić information content (AvgIpc) is 2.78. The summed E-state index contributed by atoms with van der Waals surface area (Å²) < 4.78 is 5.83. The number of hydrogen-bond acceptors (Lipinski definition) is 4. The number of carbonyl (C=O) groups is 2. The zero-order chi connectivity index (χ0) is 23.1. The number of amides is 2. The van der Waals surface area contributed by atoms with E-state index in [4.69, 9.17) is 4.74 Å². The maximum absolute atomic E-state index is 12.5. The lowest BCUT2D eigenvalue weighted by atomic mass is 9.98. The second-order valence-corrected chi connectivity index (χ2v) is 8.04. The molecule has 1 heterocycles. The van der Waals surface area contributed by atoms with Gasteiger partial charge in [0.2, 0.25) is 0 Å². The summed E-state index contributed by atoms with van der Waals surface area (Å²) in [6.07, 6.45) is 2.52. The van der Waals surface area contributed by atoms with Gasteiger partial charge in [-0.1, -0.05) is 32.0 Å². The van der Waals surface area contributed by atoms with Crippen molar-refractivity contribution in [3.05, 3.63) is 89.2 Å². The van der Waals surface area contributed by atoms with Crippen molar-refractivity contribution in [1.82, 2.24) is 10.3 Å². The van der Waals surface area contributed by atoms with Crippen LogP contribution >= 0.6 is 0 Å². The highest BCUT2D eigenvalue weighted by molar-refractivity contribution is 6.04. The molecule has 32 heavy (non-hydrogen) atoms. The number of nitrogens with zero attached hydrogens (tertiary/aromatic N) is 1. The normalized spacial score (nSPS) is 11.7. The van der Waals surface area contributed by atoms with E-state index >= 15 is 0 Å². The number of benzene rings is 2. The molecule has 6 nitrogen and oxygen atoms in total. The number of nitrogens with one attached hydrogen (secondary N) is 2. The Balaban J connectivity index is 1.54. The van der Waals surface area contributed by atoms with Gasteiger partial charge in [-0.15, -0.1) is 0 Å². The van der Waals surface area contributed by atoms with E-state index in [2.05, 4.69) is 29.5 Å². The van der Waals surface area contributed by atoms with Gasteiger partial charge in [-0.3, -0.25) is 14.6 Å². The quantitative estimate of drug-likeness (QED) is 0.534. The molecular weight excluding hydrogens is 402 g/mol. The molecule has 0 saturated heterocycles. The van der Waals surface area contributed by atoms with Crippen molar-refractivity contribution in [3.8, 4) is 5.75 Å². The molecule has 6 heteroatoms. The first kappa shape index (κ1) is 23.0. The molecule has 166 valence electrons. The minimum Gasteiger partial charge on any atom is -0.481 e. The van der Waals surface area contributed by atoms with E-state index < -0.39 is 6.10 Å². The summed E-state index contributed by atoms with van der Waals surface area (Å²) in [5.74, 6) is 0.696. The molecule has 2 N–H and O–H groups in total. The Labute approximate surface area is 189 Å². The number of aryl methyl sites for hydroxylation is 1. The van der Waals surface area contributed by atoms with Crippen LogP contribution in [-0.2, 0) is 11.3 Å². The van der Waals surface area contributed by atoms with Gasteiger partial charge >= 0.3 is 0 Å². The van der Waals surface area contributed by atoms with Crippen LogP contribution in [0.15, 0.2) is 67.0 Å². The molecule has 3 rings (SSSR count). The van der Waals surface area contributed by atoms with Gasteiger partial charge in [-0.25, -0.2) is 0 Å². The molecule has 2 amide bonds. The van der Waals surface area contributed by atoms with Crippen molar-refractivity contribution in [2.45, 2.75) is 46.3 Å². The molecule has 0 saturated carbocycles. The van der Waals surface area contributed by atoms with Gasteiger partial charge in [-0.05, 0) is 72.9 Å². The fourth-order valence-electron chi connectivity index (χ4n) is 3.43. The Bertz CT molecular complexity index is 1080. The number of aromatic nitrogens is 1. The Kier molecular flexibility index (Phi) is 7.60. The van der Waals surface area contributed by atoms with Crippen LogP contribution in [0, 0.1) is 6.92 Å². The summed E-state index contributed by atoms with van der Waals surface area (Å²) in [5.41, 5.74) is 4.47. The summed E-state index contributed by atoms with van der Waals surface area (Å²) in [7, 11) is 0. The van der Waals surface area contributed by atoms with Crippen LogP contribution in [0.1, 0.15) is 53.7 Å². The molecular formula is C26H29N3O3. The van der Waals surface area contributed by atoms with Crippen molar-refractivity contribution >= 4 is 17.5 Å². The molecule has 0 aliphatic heterocycles. The standard InChI is InChI=1S/C26H29N3O3/c1-17(2)24-9-8-23(14-18(24)3)32-19(4)25(30)28-16-20-6-5-7-22(15-20)29-26(31)21-10-12-27-13-11-21/h5-15,17,19H,16H2,1-4H3,(H,28,30)(H,29,31). The van der Waals surface area contributed by atoms with Crippen LogP contribution in [0.5, 0.6) is 5.75 Å². The van der Waals surface area contributed by atoms with Crippen molar-refractivity contribution in [3.63, 3.8) is 0 Å². The minimum atomic E-state index is -0.631. The average molecular weight is 432 g/mol. The van der Waals surface area contributed by atoms with Crippen LogP contribution in [0.2, 0.25) is 0 Å². The van der Waals surface area contributed by atoms with E-state index in [1.165, 1.54) is 5.56 Å². The lowest BCUT2D eigenvalue weighted by Gasteiger charge is -2.17. The highest BCUT2D eigenvalue weighted by Crippen LogP contribution is 2.24. The number of pyridine rings is 1. The summed E-state index contributed by atoms with van der Waals surface area (Å²) in [6.45, 7) is 8.41. The van der Waals surface area contributed by atoms with Crippen LogP contribution in [0.4, 0.5) is 5.69 Å². The highest BCUT2D eigenvalue weighted by atomic mass is 16.5. The lowest BCUT2D eigenvalue weighted by Crippen LogP contribution is -2.35. The third kappa shape index (κ3) is 6.17. The van der Waals surface area contributed by atoms with Gasteiger partial charge in [0, 0.05) is 30.2 Å². The van der Waals surface area contributed by atoms with Crippen LogP contribution < -0.4 is 15.4 Å². The van der Waals surface area contributed by atoms with E-state index in [-0.39, 0.29) is 11.8 Å². The Morgan fingerprint density at radius 2 is 1.75 bits per heavy atom. The van der Waals surface area contributed by atoms with Gasteiger partial charge in [0.1, 0.15) is 5.75 Å². The van der Waals surface area contributed by atoms with Crippen LogP contribution in [-0.4, -0.2) is 22.9 Å². The number of rotatable bonds is 8. The first-order valence-electron chi connectivity index (χ1n) is 10.7. The summed E-state index contributed by atoms with van der Waals surface area (Å²) in [6, 6.07) is 16.6. The van der Waals surface area contributed by atoms with E-state index in [1.807, 2.05) is 43.3 Å². The molecule has 2 aromatic carbocycles. The zero-order valence-corrected chi connectivity index (χ0v) is 18.9. The molecule has 0 radical (unpaired) electrons.